The van der Waals surface area contributed by atoms with Crippen molar-refractivity contribution in [2.75, 3.05) is 44.2 Å². The van der Waals surface area contributed by atoms with E-state index in [2.05, 4.69) is 44.7 Å². The number of hydrogen-bond donors (Lipinski definition) is 2. The van der Waals surface area contributed by atoms with Crippen LogP contribution in [0.5, 0.6) is 0 Å². The molecule has 28 heavy (non-hydrogen) atoms. The highest BCUT2D eigenvalue weighted by Crippen LogP contribution is 2.39. The summed E-state index contributed by atoms with van der Waals surface area (Å²) < 4.78 is 6.12. The molecule has 158 valence electrons. The first kappa shape index (κ1) is 21.9. The normalized spacial score (nSPS) is 27.0. The van der Waals surface area contributed by atoms with Gasteiger partial charge in [-0.05, 0) is 55.2 Å². The summed E-state index contributed by atoms with van der Waals surface area (Å²) in [7, 11) is 0. The molecule has 1 aliphatic heterocycles. The molecular weight excluding hydrogens is 372 g/mol. The molecule has 1 aromatic rings. The molecule has 3 rings (SSSR count). The Bertz CT molecular complexity index is 643. The number of nitrogens with zero attached hydrogens (tertiary/aromatic N) is 1. The van der Waals surface area contributed by atoms with Crippen molar-refractivity contribution in [3.63, 3.8) is 0 Å². The number of rotatable bonds is 6. The zero-order chi connectivity index (χ0) is 20.3. The predicted molar refractivity (Wildman–Crippen MR) is 117 cm³/mol. The van der Waals surface area contributed by atoms with Gasteiger partial charge in [0.05, 0.1) is 38.9 Å². The van der Waals surface area contributed by atoms with Crippen molar-refractivity contribution < 1.29 is 14.7 Å². The lowest BCUT2D eigenvalue weighted by Crippen LogP contribution is -3.16. The topological polar surface area (TPSA) is 37.1 Å². The van der Waals surface area contributed by atoms with Crippen molar-refractivity contribution in [3.05, 3.63) is 28.8 Å². The Balaban J connectivity index is 1.41. The largest absolute Gasteiger partial charge is 0.385 e. The number of halogens is 1. The number of nitrogens with one attached hydrogen (secondary N) is 1. The first-order valence-electron chi connectivity index (χ1n) is 10.9. The summed E-state index contributed by atoms with van der Waals surface area (Å²) in [6, 6.07) is 6.11. The third-order valence-corrected chi connectivity index (χ3v) is 6.61. The lowest BCUT2D eigenvalue weighted by molar-refractivity contribution is -0.903. The van der Waals surface area contributed by atoms with E-state index < -0.39 is 0 Å². The Labute approximate surface area is 175 Å². The molecule has 1 aromatic carbocycles. The standard InChI is InChI=1S/C23H37ClN2O2/c1-17-11-21(14-23(3,4)13-17)28-16-20(27)15-25-7-9-26(10-8-25)22-12-19(24)6-5-18(22)2/h5-6,12,17,20-21,27H,7-11,13-16H2,1-4H3/p+1/t17-,20-,21-/m0/s1. The molecule has 0 radical (unpaired) electrons. The van der Waals surface area contributed by atoms with E-state index in [-0.39, 0.29) is 6.10 Å². The van der Waals surface area contributed by atoms with Gasteiger partial charge in [-0.25, -0.2) is 0 Å². The molecule has 0 bridgehead atoms. The van der Waals surface area contributed by atoms with Gasteiger partial charge in [-0.15, -0.1) is 0 Å². The van der Waals surface area contributed by atoms with Crippen molar-refractivity contribution in [2.24, 2.45) is 11.3 Å². The molecule has 2 fully saturated rings. The maximum atomic E-state index is 10.5. The molecule has 2 aliphatic rings. The molecule has 4 nitrogen and oxygen atoms in total. The molecule has 3 atom stereocenters. The van der Waals surface area contributed by atoms with Crippen LogP contribution in [0, 0.1) is 18.3 Å². The third kappa shape index (κ3) is 6.09. The molecule has 1 heterocycles. The molecular formula is C23H38ClN2O2+. The second kappa shape index (κ2) is 9.34. The fourth-order valence-corrected chi connectivity index (χ4v) is 5.38. The summed E-state index contributed by atoms with van der Waals surface area (Å²) in [5.41, 5.74) is 2.86. The number of aliphatic hydroxyl groups is 1. The quantitative estimate of drug-likeness (QED) is 0.758. The number of quaternary nitrogens is 1. The number of anilines is 1. The molecule has 0 amide bonds. The van der Waals surface area contributed by atoms with Crippen LogP contribution >= 0.6 is 11.6 Å². The maximum absolute atomic E-state index is 10.5. The van der Waals surface area contributed by atoms with Gasteiger partial charge in [-0.1, -0.05) is 38.4 Å². The van der Waals surface area contributed by atoms with Gasteiger partial charge in [0, 0.05) is 10.7 Å². The summed E-state index contributed by atoms with van der Waals surface area (Å²) in [6.07, 6.45) is 3.42. The third-order valence-electron chi connectivity index (χ3n) is 6.38. The summed E-state index contributed by atoms with van der Waals surface area (Å²) in [5.74, 6) is 0.708. The van der Waals surface area contributed by atoms with Crippen LogP contribution in [0.3, 0.4) is 0 Å². The summed E-state index contributed by atoms with van der Waals surface area (Å²) in [6.45, 7) is 14.4. The minimum atomic E-state index is -0.380. The van der Waals surface area contributed by atoms with E-state index in [1.807, 2.05) is 6.07 Å². The summed E-state index contributed by atoms with van der Waals surface area (Å²) in [5, 5.41) is 11.3. The Kier molecular flexibility index (Phi) is 7.30. The summed E-state index contributed by atoms with van der Waals surface area (Å²) in [4.78, 5) is 3.88. The Hall–Kier alpha value is -0.810. The highest BCUT2D eigenvalue weighted by atomic mass is 35.5. The van der Waals surface area contributed by atoms with Gasteiger partial charge in [-0.2, -0.15) is 0 Å². The average molecular weight is 410 g/mol. The average Bonchev–Trinajstić information content (AvgIpc) is 2.61. The van der Waals surface area contributed by atoms with E-state index in [1.165, 1.54) is 22.6 Å². The monoisotopic (exact) mass is 409 g/mol. The van der Waals surface area contributed by atoms with Crippen LogP contribution in [0.25, 0.3) is 0 Å². The van der Waals surface area contributed by atoms with Crippen molar-refractivity contribution in [1.82, 2.24) is 0 Å². The fraction of sp³-hybridized carbons (Fsp3) is 0.739. The van der Waals surface area contributed by atoms with E-state index in [9.17, 15) is 5.11 Å². The fourth-order valence-electron chi connectivity index (χ4n) is 5.22. The SMILES string of the molecule is Cc1ccc(Cl)cc1N1CC[NH+](C[C@H](O)CO[C@H]2C[C@H](C)CC(C)(C)C2)CC1. The number of aliphatic hydroxyl groups excluding tert-OH is 1. The Morgan fingerprint density at radius 3 is 2.68 bits per heavy atom. The van der Waals surface area contributed by atoms with E-state index in [0.29, 0.717) is 24.0 Å². The van der Waals surface area contributed by atoms with Gasteiger partial charge in [0.1, 0.15) is 12.6 Å². The van der Waals surface area contributed by atoms with E-state index in [0.717, 1.165) is 50.6 Å². The van der Waals surface area contributed by atoms with Crippen molar-refractivity contribution in [1.29, 1.82) is 0 Å². The van der Waals surface area contributed by atoms with Gasteiger partial charge in [-0.3, -0.25) is 0 Å². The zero-order valence-electron chi connectivity index (χ0n) is 18.0. The van der Waals surface area contributed by atoms with E-state index in [4.69, 9.17) is 16.3 Å². The smallest absolute Gasteiger partial charge is 0.126 e. The maximum Gasteiger partial charge on any atom is 0.126 e. The highest BCUT2D eigenvalue weighted by Gasteiger charge is 2.33. The molecule has 0 aromatic heterocycles. The second-order valence-corrected chi connectivity index (χ2v) is 10.3. The second-order valence-electron chi connectivity index (χ2n) is 9.89. The van der Waals surface area contributed by atoms with Crippen LogP contribution < -0.4 is 9.80 Å². The molecule has 1 saturated heterocycles. The minimum absolute atomic E-state index is 0.297. The number of piperazine rings is 1. The lowest BCUT2D eigenvalue weighted by Gasteiger charge is -2.39. The van der Waals surface area contributed by atoms with Crippen LogP contribution in [0.1, 0.15) is 45.6 Å². The Morgan fingerprint density at radius 1 is 1.29 bits per heavy atom. The molecule has 1 saturated carbocycles. The number of hydrogen-bond acceptors (Lipinski definition) is 3. The number of ether oxygens (including phenoxy) is 1. The first-order valence-corrected chi connectivity index (χ1v) is 11.2. The van der Waals surface area contributed by atoms with Gasteiger partial charge >= 0.3 is 0 Å². The minimum Gasteiger partial charge on any atom is -0.385 e. The van der Waals surface area contributed by atoms with Crippen molar-refractivity contribution in [2.45, 2.75) is 59.2 Å². The molecule has 0 unspecified atom stereocenters. The Morgan fingerprint density at radius 2 is 2.00 bits per heavy atom. The number of aryl methyl sites for hydroxylation is 1. The zero-order valence-corrected chi connectivity index (χ0v) is 18.8. The van der Waals surface area contributed by atoms with E-state index >= 15 is 0 Å². The molecule has 0 spiro atoms. The molecule has 2 N–H and O–H groups in total. The predicted octanol–water partition coefficient (Wildman–Crippen LogP) is 2.95. The van der Waals surface area contributed by atoms with Crippen LogP contribution in [0.2, 0.25) is 5.02 Å². The number of benzene rings is 1. The van der Waals surface area contributed by atoms with Gasteiger partial charge in [0.2, 0.25) is 0 Å². The first-order chi connectivity index (χ1) is 13.2. The van der Waals surface area contributed by atoms with Gasteiger partial charge < -0.3 is 19.6 Å². The molecule has 5 heteroatoms. The lowest BCUT2D eigenvalue weighted by atomic mass is 9.71. The van der Waals surface area contributed by atoms with E-state index in [1.54, 1.807) is 0 Å². The van der Waals surface area contributed by atoms with Crippen LogP contribution in [-0.4, -0.2) is 56.6 Å². The van der Waals surface area contributed by atoms with Crippen LogP contribution in [-0.2, 0) is 4.74 Å². The highest BCUT2D eigenvalue weighted by molar-refractivity contribution is 6.30. The van der Waals surface area contributed by atoms with Gasteiger partial charge in [0.15, 0.2) is 0 Å². The van der Waals surface area contributed by atoms with Crippen molar-refractivity contribution in [3.8, 4) is 0 Å². The molecule has 1 aliphatic carbocycles. The summed E-state index contributed by atoms with van der Waals surface area (Å²) >= 11 is 6.18. The van der Waals surface area contributed by atoms with Crippen LogP contribution in [0.4, 0.5) is 5.69 Å². The van der Waals surface area contributed by atoms with Gasteiger partial charge in [0.25, 0.3) is 0 Å². The van der Waals surface area contributed by atoms with Crippen molar-refractivity contribution >= 4 is 17.3 Å². The van der Waals surface area contributed by atoms with Crippen LogP contribution in [0.15, 0.2) is 18.2 Å².